The molecule has 0 aromatic rings. The summed E-state index contributed by atoms with van der Waals surface area (Å²) in [4.78, 5) is 36.9. The van der Waals surface area contributed by atoms with Crippen molar-refractivity contribution in [2.24, 2.45) is 10.9 Å². The normalized spacial score (nSPS) is 13.7. The van der Waals surface area contributed by atoms with E-state index in [1.54, 1.807) is 20.8 Å². The van der Waals surface area contributed by atoms with Gasteiger partial charge in [0.15, 0.2) is 0 Å². The summed E-state index contributed by atoms with van der Waals surface area (Å²) in [5.74, 6) is -0.443. The van der Waals surface area contributed by atoms with Crippen LogP contribution < -0.4 is 10.6 Å². The van der Waals surface area contributed by atoms with Gasteiger partial charge in [0, 0.05) is 0 Å². The molecule has 2 N–H and O–H groups in total. The minimum absolute atomic E-state index is 0.00178. The van der Waals surface area contributed by atoms with Gasteiger partial charge in [0.25, 0.3) is 0 Å². The van der Waals surface area contributed by atoms with Crippen LogP contribution in [0.2, 0.25) is 0 Å². The number of carbonyl (C=O) groups excluding carboxylic acids is 3. The second-order valence-corrected chi connectivity index (χ2v) is 5.47. The fraction of sp³-hybridized carbons (Fsp3) is 0.769. The third-order valence-corrected chi connectivity index (χ3v) is 2.48. The molecule has 0 heterocycles. The van der Waals surface area contributed by atoms with Crippen molar-refractivity contribution < 1.29 is 19.1 Å². The Kier molecular flexibility index (Phi) is 7.54. The van der Waals surface area contributed by atoms with Gasteiger partial charge in [-0.2, -0.15) is 4.99 Å². The van der Waals surface area contributed by atoms with Crippen molar-refractivity contribution in [1.29, 1.82) is 0 Å². The lowest BCUT2D eigenvalue weighted by molar-refractivity contribution is -0.121. The molecule has 7 heteroatoms. The first kappa shape index (κ1) is 18.1. The molecule has 0 aromatic heterocycles. The van der Waals surface area contributed by atoms with E-state index in [0.29, 0.717) is 0 Å². The molecule has 0 aliphatic heterocycles. The van der Waals surface area contributed by atoms with E-state index in [-0.39, 0.29) is 12.5 Å². The SMILES string of the molecule is CC[C@H](C)[C@@H](N=C=O)NC(=O)CNC(=O)OC(C)(C)C. The molecule has 0 spiro atoms. The zero-order chi connectivity index (χ0) is 15.8. The van der Waals surface area contributed by atoms with Gasteiger partial charge in [0.05, 0.1) is 0 Å². The van der Waals surface area contributed by atoms with Gasteiger partial charge >= 0.3 is 6.09 Å². The van der Waals surface area contributed by atoms with E-state index in [1.807, 2.05) is 13.8 Å². The highest BCUT2D eigenvalue weighted by Crippen LogP contribution is 2.08. The van der Waals surface area contributed by atoms with Crippen LogP contribution in [0.15, 0.2) is 4.99 Å². The summed E-state index contributed by atoms with van der Waals surface area (Å²) in [6.45, 7) is 8.71. The lowest BCUT2D eigenvalue weighted by Gasteiger charge is -2.21. The first-order valence-corrected chi connectivity index (χ1v) is 6.52. The van der Waals surface area contributed by atoms with Crippen molar-refractivity contribution in [3.63, 3.8) is 0 Å². The monoisotopic (exact) mass is 285 g/mol. The molecule has 0 bridgehead atoms. The van der Waals surface area contributed by atoms with Gasteiger partial charge in [-0.25, -0.2) is 9.59 Å². The Labute approximate surface area is 119 Å². The molecule has 0 fully saturated rings. The number of amides is 2. The van der Waals surface area contributed by atoms with Crippen molar-refractivity contribution in [3.05, 3.63) is 0 Å². The van der Waals surface area contributed by atoms with Crippen molar-refractivity contribution in [1.82, 2.24) is 10.6 Å². The van der Waals surface area contributed by atoms with Gasteiger partial charge in [0.2, 0.25) is 12.0 Å². The van der Waals surface area contributed by atoms with Crippen molar-refractivity contribution in [3.8, 4) is 0 Å². The number of ether oxygens (including phenoxy) is 1. The van der Waals surface area contributed by atoms with E-state index in [1.165, 1.54) is 6.08 Å². The summed E-state index contributed by atoms with van der Waals surface area (Å²) >= 11 is 0. The number of hydrogen-bond acceptors (Lipinski definition) is 5. The van der Waals surface area contributed by atoms with Crippen LogP contribution in [0.25, 0.3) is 0 Å². The van der Waals surface area contributed by atoms with Crippen LogP contribution >= 0.6 is 0 Å². The summed E-state index contributed by atoms with van der Waals surface area (Å²) in [7, 11) is 0. The van der Waals surface area contributed by atoms with Crippen LogP contribution in [-0.4, -0.2) is 36.4 Å². The molecule has 0 saturated heterocycles. The number of aliphatic imine (C=N–C) groups is 1. The van der Waals surface area contributed by atoms with Crippen LogP contribution in [0.3, 0.4) is 0 Å². The van der Waals surface area contributed by atoms with E-state index >= 15 is 0 Å². The van der Waals surface area contributed by atoms with E-state index < -0.39 is 23.8 Å². The van der Waals surface area contributed by atoms with Crippen molar-refractivity contribution in [2.75, 3.05) is 6.54 Å². The molecule has 0 unspecified atom stereocenters. The Morgan fingerprint density at radius 3 is 2.40 bits per heavy atom. The standard InChI is InChI=1S/C13H23N3O4/c1-6-9(2)11(15-8-17)16-10(18)7-14-12(19)20-13(3,4)5/h9,11H,6-7H2,1-5H3,(H,14,19)(H,16,18)/t9-,11-/m0/s1. The molecule has 0 aromatic carbocycles. The highest BCUT2D eigenvalue weighted by atomic mass is 16.6. The molecule has 20 heavy (non-hydrogen) atoms. The summed E-state index contributed by atoms with van der Waals surface area (Å²) in [6, 6.07) is 0. The van der Waals surface area contributed by atoms with Gasteiger partial charge in [-0.1, -0.05) is 13.8 Å². The lowest BCUT2D eigenvalue weighted by Crippen LogP contribution is -2.44. The van der Waals surface area contributed by atoms with E-state index in [2.05, 4.69) is 15.6 Å². The number of nitrogens with zero attached hydrogens (tertiary/aromatic N) is 1. The zero-order valence-corrected chi connectivity index (χ0v) is 12.6. The van der Waals surface area contributed by atoms with E-state index in [9.17, 15) is 14.4 Å². The molecular formula is C13H23N3O4. The van der Waals surface area contributed by atoms with E-state index in [4.69, 9.17) is 4.74 Å². The molecular weight excluding hydrogens is 262 g/mol. The molecule has 0 radical (unpaired) electrons. The number of isocyanates is 1. The topological polar surface area (TPSA) is 96.9 Å². The van der Waals surface area contributed by atoms with Crippen LogP contribution in [0.1, 0.15) is 41.0 Å². The number of hydrogen-bond donors (Lipinski definition) is 2. The average Bonchev–Trinajstić information content (AvgIpc) is 2.33. The number of alkyl carbamates (subject to hydrolysis) is 1. The fourth-order valence-corrected chi connectivity index (χ4v) is 1.26. The smallest absolute Gasteiger partial charge is 0.408 e. The zero-order valence-electron chi connectivity index (χ0n) is 12.6. The molecule has 2 atom stereocenters. The maximum atomic E-state index is 11.6. The Bertz CT molecular complexity index is 384. The summed E-state index contributed by atoms with van der Waals surface area (Å²) in [6.07, 6.45) is 0.870. The highest BCUT2D eigenvalue weighted by Gasteiger charge is 2.19. The molecule has 0 aliphatic carbocycles. The average molecular weight is 285 g/mol. The minimum atomic E-state index is -0.674. The Morgan fingerprint density at radius 2 is 1.95 bits per heavy atom. The van der Waals surface area contributed by atoms with Crippen LogP contribution in [0.4, 0.5) is 4.79 Å². The number of rotatable bonds is 6. The molecule has 114 valence electrons. The number of carbonyl (C=O) groups is 2. The van der Waals surface area contributed by atoms with Gasteiger partial charge in [-0.05, 0) is 33.1 Å². The maximum Gasteiger partial charge on any atom is 0.408 e. The lowest BCUT2D eigenvalue weighted by atomic mass is 10.1. The maximum absolute atomic E-state index is 11.6. The quantitative estimate of drug-likeness (QED) is 0.568. The van der Waals surface area contributed by atoms with Crippen LogP contribution in [0.5, 0.6) is 0 Å². The highest BCUT2D eigenvalue weighted by molar-refractivity contribution is 5.82. The van der Waals surface area contributed by atoms with Crippen LogP contribution in [-0.2, 0) is 14.3 Å². The summed E-state index contributed by atoms with van der Waals surface area (Å²) < 4.78 is 4.99. The van der Waals surface area contributed by atoms with E-state index in [0.717, 1.165) is 6.42 Å². The second-order valence-electron chi connectivity index (χ2n) is 5.47. The molecule has 7 nitrogen and oxygen atoms in total. The first-order chi connectivity index (χ1) is 9.19. The molecule has 0 aliphatic rings. The molecule has 0 saturated carbocycles. The largest absolute Gasteiger partial charge is 0.444 e. The number of nitrogens with one attached hydrogen (secondary N) is 2. The van der Waals surface area contributed by atoms with Crippen molar-refractivity contribution >= 4 is 18.1 Å². The molecule has 0 rings (SSSR count). The van der Waals surface area contributed by atoms with Crippen molar-refractivity contribution in [2.45, 2.75) is 52.8 Å². The Balaban J connectivity index is 4.27. The third-order valence-electron chi connectivity index (χ3n) is 2.48. The molecule has 2 amide bonds. The van der Waals surface area contributed by atoms with Gasteiger partial charge < -0.3 is 15.4 Å². The van der Waals surface area contributed by atoms with Gasteiger partial charge in [0.1, 0.15) is 18.3 Å². The predicted molar refractivity (Wildman–Crippen MR) is 73.7 cm³/mol. The Morgan fingerprint density at radius 1 is 1.35 bits per heavy atom. The summed E-state index contributed by atoms with van der Waals surface area (Å²) in [5.41, 5.74) is -0.623. The fourth-order valence-electron chi connectivity index (χ4n) is 1.26. The summed E-state index contributed by atoms with van der Waals surface area (Å²) in [5, 5.41) is 4.88. The van der Waals surface area contributed by atoms with Gasteiger partial charge in [-0.15, -0.1) is 0 Å². The second kappa shape index (κ2) is 8.32. The third kappa shape index (κ3) is 8.26. The Hall–Kier alpha value is -1.88. The minimum Gasteiger partial charge on any atom is -0.444 e. The van der Waals surface area contributed by atoms with Crippen LogP contribution in [0, 0.1) is 5.92 Å². The van der Waals surface area contributed by atoms with Gasteiger partial charge in [-0.3, -0.25) is 4.79 Å². The predicted octanol–water partition coefficient (Wildman–Crippen LogP) is 1.34. The first-order valence-electron chi connectivity index (χ1n) is 6.52.